The van der Waals surface area contributed by atoms with Crippen molar-refractivity contribution >= 4 is 5.91 Å². The maximum absolute atomic E-state index is 12.2. The van der Waals surface area contributed by atoms with Gasteiger partial charge in [0, 0.05) is 25.6 Å². The highest BCUT2D eigenvalue weighted by Gasteiger charge is 2.27. The molecule has 2 aliphatic heterocycles. The number of likely N-dealkylation sites (tertiary alicyclic amines) is 2. The first-order valence-electron chi connectivity index (χ1n) is 8.83. The van der Waals surface area contributed by atoms with Gasteiger partial charge >= 0.3 is 0 Å². The van der Waals surface area contributed by atoms with Crippen molar-refractivity contribution in [3.8, 4) is 0 Å². The normalized spacial score (nSPS) is 22.1. The number of nitrogens with zero attached hydrogens (tertiary/aromatic N) is 2. The monoisotopic (exact) mass is 280 g/mol. The van der Waals surface area contributed by atoms with Crippen molar-refractivity contribution in [3.05, 3.63) is 0 Å². The van der Waals surface area contributed by atoms with Crippen LogP contribution in [-0.2, 0) is 4.79 Å². The van der Waals surface area contributed by atoms with Crippen molar-refractivity contribution in [2.75, 3.05) is 26.2 Å². The third-order valence-corrected chi connectivity index (χ3v) is 4.97. The third-order valence-electron chi connectivity index (χ3n) is 4.97. The molecule has 2 aliphatic rings. The van der Waals surface area contributed by atoms with Gasteiger partial charge in [-0.1, -0.05) is 32.6 Å². The van der Waals surface area contributed by atoms with Crippen LogP contribution in [0, 0.1) is 0 Å². The molecule has 0 atom stereocenters. The molecule has 0 saturated carbocycles. The van der Waals surface area contributed by atoms with Crippen LogP contribution in [0.3, 0.4) is 0 Å². The Morgan fingerprint density at radius 1 is 0.950 bits per heavy atom. The van der Waals surface area contributed by atoms with E-state index in [0.717, 1.165) is 32.0 Å². The molecular formula is C17H32N2O. The average Bonchev–Trinajstić information content (AvgIpc) is 2.52. The Kier molecular flexibility index (Phi) is 6.85. The molecule has 1 amide bonds. The summed E-state index contributed by atoms with van der Waals surface area (Å²) in [5, 5.41) is 0. The van der Waals surface area contributed by atoms with E-state index in [2.05, 4.69) is 16.7 Å². The molecule has 0 N–H and O–H groups in total. The van der Waals surface area contributed by atoms with Crippen molar-refractivity contribution in [2.24, 2.45) is 0 Å². The smallest absolute Gasteiger partial charge is 0.222 e. The highest BCUT2D eigenvalue weighted by atomic mass is 16.2. The third kappa shape index (κ3) is 4.76. The van der Waals surface area contributed by atoms with E-state index in [-0.39, 0.29) is 0 Å². The molecule has 116 valence electrons. The molecule has 0 aliphatic carbocycles. The van der Waals surface area contributed by atoms with Gasteiger partial charge in [-0.15, -0.1) is 0 Å². The summed E-state index contributed by atoms with van der Waals surface area (Å²) in [6.45, 7) is 6.78. The van der Waals surface area contributed by atoms with Gasteiger partial charge in [0.1, 0.15) is 0 Å². The lowest BCUT2D eigenvalue weighted by atomic mass is 9.99. The second-order valence-electron chi connectivity index (χ2n) is 6.52. The zero-order valence-electron chi connectivity index (χ0n) is 13.3. The van der Waals surface area contributed by atoms with Gasteiger partial charge in [0.15, 0.2) is 0 Å². The molecule has 2 heterocycles. The molecule has 0 radical (unpaired) electrons. The molecule has 2 saturated heterocycles. The number of hydrogen-bond acceptors (Lipinski definition) is 2. The molecule has 0 spiro atoms. The summed E-state index contributed by atoms with van der Waals surface area (Å²) in [4.78, 5) is 16.9. The molecule has 2 fully saturated rings. The Morgan fingerprint density at radius 2 is 1.65 bits per heavy atom. The van der Waals surface area contributed by atoms with Crippen molar-refractivity contribution < 1.29 is 4.79 Å². The van der Waals surface area contributed by atoms with E-state index in [1.807, 2.05) is 0 Å². The second-order valence-corrected chi connectivity index (χ2v) is 6.52. The Bertz CT molecular complexity index is 279. The summed E-state index contributed by atoms with van der Waals surface area (Å²) in [6, 6.07) is 0.749. The Balaban J connectivity index is 1.64. The molecule has 0 aromatic heterocycles. The van der Waals surface area contributed by atoms with Crippen LogP contribution in [0.15, 0.2) is 0 Å². The van der Waals surface area contributed by atoms with Gasteiger partial charge < -0.3 is 9.80 Å². The summed E-state index contributed by atoms with van der Waals surface area (Å²) in [5.41, 5.74) is 0. The van der Waals surface area contributed by atoms with Crippen LogP contribution in [0.2, 0.25) is 0 Å². The van der Waals surface area contributed by atoms with Crippen molar-refractivity contribution in [1.29, 1.82) is 0 Å². The molecule has 0 bridgehead atoms. The maximum atomic E-state index is 12.2. The first-order chi connectivity index (χ1) is 9.81. The molecule has 0 aromatic carbocycles. The van der Waals surface area contributed by atoms with Crippen LogP contribution < -0.4 is 0 Å². The number of piperidine rings is 2. The minimum Gasteiger partial charge on any atom is -0.343 e. The van der Waals surface area contributed by atoms with Gasteiger partial charge in [-0.3, -0.25) is 4.79 Å². The van der Waals surface area contributed by atoms with E-state index in [9.17, 15) is 4.79 Å². The summed E-state index contributed by atoms with van der Waals surface area (Å²) in [7, 11) is 0. The number of unbranched alkanes of at least 4 members (excludes halogenated alkanes) is 3. The van der Waals surface area contributed by atoms with Gasteiger partial charge in [0.25, 0.3) is 0 Å². The quantitative estimate of drug-likeness (QED) is 0.696. The first kappa shape index (κ1) is 15.8. The Labute approximate surface area is 124 Å². The minimum atomic E-state index is 0.401. The van der Waals surface area contributed by atoms with Crippen molar-refractivity contribution in [1.82, 2.24) is 9.80 Å². The fourth-order valence-electron chi connectivity index (χ4n) is 3.63. The number of amides is 1. The lowest BCUT2D eigenvalue weighted by molar-refractivity contribution is -0.133. The number of rotatable bonds is 6. The SMILES string of the molecule is CCCCCCC(=O)N1CCC(N2CCCCC2)CC1. The standard InChI is InChI=1S/C17H32N2O/c1-2-3-4-6-9-17(20)19-14-10-16(11-15-19)18-12-7-5-8-13-18/h16H,2-15H2,1H3. The summed E-state index contributed by atoms with van der Waals surface area (Å²) >= 11 is 0. The van der Waals surface area contributed by atoms with Crippen LogP contribution in [-0.4, -0.2) is 47.9 Å². The van der Waals surface area contributed by atoms with E-state index >= 15 is 0 Å². The van der Waals surface area contributed by atoms with Crippen LogP contribution in [0.5, 0.6) is 0 Å². The predicted octanol–water partition coefficient (Wildman–Crippen LogP) is 3.43. The van der Waals surface area contributed by atoms with E-state index in [1.165, 1.54) is 64.5 Å². The lowest BCUT2D eigenvalue weighted by Gasteiger charge is -2.40. The van der Waals surface area contributed by atoms with Crippen LogP contribution in [0.4, 0.5) is 0 Å². The van der Waals surface area contributed by atoms with E-state index in [1.54, 1.807) is 0 Å². The van der Waals surface area contributed by atoms with E-state index in [0.29, 0.717) is 5.91 Å². The fraction of sp³-hybridized carbons (Fsp3) is 0.941. The highest BCUT2D eigenvalue weighted by Crippen LogP contribution is 2.21. The van der Waals surface area contributed by atoms with Gasteiger partial charge in [0.2, 0.25) is 5.91 Å². The second kappa shape index (κ2) is 8.66. The maximum Gasteiger partial charge on any atom is 0.222 e. The zero-order chi connectivity index (χ0) is 14.2. The zero-order valence-corrected chi connectivity index (χ0v) is 13.3. The topological polar surface area (TPSA) is 23.6 Å². The van der Waals surface area contributed by atoms with Gasteiger partial charge in [0.05, 0.1) is 0 Å². The number of carbonyl (C=O) groups is 1. The van der Waals surface area contributed by atoms with Gasteiger partial charge in [-0.2, -0.15) is 0 Å². The Morgan fingerprint density at radius 3 is 2.30 bits per heavy atom. The number of hydrogen-bond donors (Lipinski definition) is 0. The minimum absolute atomic E-state index is 0.401. The lowest BCUT2D eigenvalue weighted by Crippen LogP contribution is -2.48. The molecule has 3 nitrogen and oxygen atoms in total. The molecule has 20 heavy (non-hydrogen) atoms. The van der Waals surface area contributed by atoms with E-state index in [4.69, 9.17) is 0 Å². The first-order valence-corrected chi connectivity index (χ1v) is 8.83. The average molecular weight is 280 g/mol. The summed E-state index contributed by atoms with van der Waals surface area (Å²) in [6.07, 6.45) is 12.1. The summed E-state index contributed by atoms with van der Waals surface area (Å²) < 4.78 is 0. The van der Waals surface area contributed by atoms with Gasteiger partial charge in [-0.25, -0.2) is 0 Å². The molecule has 3 heteroatoms. The van der Waals surface area contributed by atoms with Crippen molar-refractivity contribution in [2.45, 2.75) is 77.2 Å². The number of carbonyl (C=O) groups excluding carboxylic acids is 1. The molecule has 2 rings (SSSR count). The van der Waals surface area contributed by atoms with Crippen LogP contribution in [0.1, 0.15) is 71.1 Å². The van der Waals surface area contributed by atoms with Gasteiger partial charge in [-0.05, 0) is 45.2 Å². The largest absolute Gasteiger partial charge is 0.343 e. The highest BCUT2D eigenvalue weighted by molar-refractivity contribution is 5.76. The molecule has 0 aromatic rings. The molecule has 0 unspecified atom stereocenters. The van der Waals surface area contributed by atoms with E-state index < -0.39 is 0 Å². The van der Waals surface area contributed by atoms with Crippen LogP contribution >= 0.6 is 0 Å². The predicted molar refractivity (Wildman–Crippen MR) is 83.8 cm³/mol. The van der Waals surface area contributed by atoms with Crippen molar-refractivity contribution in [3.63, 3.8) is 0 Å². The Hall–Kier alpha value is -0.570. The molecular weight excluding hydrogens is 248 g/mol. The van der Waals surface area contributed by atoms with Crippen LogP contribution in [0.25, 0.3) is 0 Å². The fourth-order valence-corrected chi connectivity index (χ4v) is 3.63. The summed E-state index contributed by atoms with van der Waals surface area (Å²) in [5.74, 6) is 0.401.